The number of aryl methyl sites for hydroxylation is 2. The Morgan fingerprint density at radius 1 is 0.937 bits per heavy atom. The molecule has 1 unspecified atom stereocenters. The Balaban J connectivity index is 0.846. The number of nitrogens with one attached hydrogen (secondary N) is 3. The van der Waals surface area contributed by atoms with E-state index in [1.165, 1.54) is 10.6 Å². The molecule has 18 nitrogen and oxygen atoms in total. The minimum Gasteiger partial charge on any atom is -0.487 e. The molecule has 0 bridgehead atoms. The quantitative estimate of drug-likeness (QED) is 0.0753. The molecule has 322 valence electrons. The van der Waals surface area contributed by atoms with E-state index in [1.54, 1.807) is 97.9 Å². The molecule has 63 heavy (non-hydrogen) atoms. The maximum Gasteiger partial charge on any atom is 0.274 e. The van der Waals surface area contributed by atoms with Crippen molar-refractivity contribution in [1.29, 1.82) is 0 Å². The van der Waals surface area contributed by atoms with Crippen molar-refractivity contribution < 1.29 is 41.8 Å². The van der Waals surface area contributed by atoms with Crippen molar-refractivity contribution in [2.24, 2.45) is 7.05 Å². The van der Waals surface area contributed by atoms with Crippen LogP contribution < -0.4 is 25.1 Å². The Morgan fingerprint density at radius 2 is 1.76 bits per heavy atom. The molecule has 2 aliphatic heterocycles. The molecule has 0 radical (unpaired) electrons. The number of anilines is 1. The standard InChI is InChI=1S/C44H40N8O10S/c1-3-63(58,59)48-28-13-15-37(34(22-28)35-25-50(2)44(57)40-32(35)17-18-45-40)62-31-11-5-10-30(23-31)61-26-29-24-51(49-47-29)19-7-21-60-20-6-9-27-8-4-12-33-39(27)43(56)52(42(33)55)36-14-16-38(53)46-41(36)54/h4-5,8,10-13,15,17-18,22-25,36,45,48H,3,7,14,16,19-21,26H2,1-2H3,(H,46,53,54). The number of rotatable bonds is 15. The fourth-order valence-corrected chi connectivity index (χ4v) is 7.89. The number of amides is 4. The third kappa shape index (κ3) is 9.07. The number of piperidine rings is 1. The van der Waals surface area contributed by atoms with Crippen LogP contribution in [0.4, 0.5) is 5.69 Å². The molecular formula is C44H40N8O10S. The molecule has 0 spiro atoms. The van der Waals surface area contributed by atoms with Gasteiger partial charge in [0.25, 0.3) is 17.4 Å². The SMILES string of the molecule is CCS(=O)(=O)Nc1ccc(Oc2cccc(OCc3cn(CCCOCC#Cc4cccc5c4C(=O)N(C4CCC(=O)NC4=O)C5=O)nn3)c2)c(-c2cn(C)c(=O)c3[nH]ccc23)c1. The third-order valence-corrected chi connectivity index (χ3v) is 11.7. The first-order valence-corrected chi connectivity index (χ1v) is 21.6. The molecule has 0 aliphatic carbocycles. The number of sulfonamides is 1. The van der Waals surface area contributed by atoms with Crippen LogP contribution in [0, 0.1) is 11.8 Å². The van der Waals surface area contributed by atoms with Crippen LogP contribution in [0.1, 0.15) is 58.2 Å². The van der Waals surface area contributed by atoms with Crippen molar-refractivity contribution in [1.82, 2.24) is 34.8 Å². The van der Waals surface area contributed by atoms with Gasteiger partial charge in [0.15, 0.2) is 0 Å². The number of H-pyrrole nitrogens is 1. The van der Waals surface area contributed by atoms with Crippen LogP contribution >= 0.6 is 0 Å². The molecule has 19 heteroatoms. The van der Waals surface area contributed by atoms with Crippen molar-refractivity contribution in [3.8, 4) is 40.2 Å². The van der Waals surface area contributed by atoms with Crippen molar-refractivity contribution >= 4 is 50.2 Å². The van der Waals surface area contributed by atoms with Crippen molar-refractivity contribution in [2.45, 2.75) is 45.4 Å². The molecule has 4 amide bonds. The average Bonchev–Trinajstić information content (AvgIpc) is 4.01. The van der Waals surface area contributed by atoms with Crippen molar-refractivity contribution in [2.75, 3.05) is 23.7 Å². The fourth-order valence-electron chi connectivity index (χ4n) is 7.26. The van der Waals surface area contributed by atoms with E-state index in [0.717, 1.165) is 4.90 Å². The minimum atomic E-state index is -3.57. The van der Waals surface area contributed by atoms with Crippen LogP contribution in [0.3, 0.4) is 0 Å². The summed E-state index contributed by atoms with van der Waals surface area (Å²) in [5.74, 6) is 4.73. The summed E-state index contributed by atoms with van der Waals surface area (Å²) in [5.41, 5.74) is 2.97. The monoisotopic (exact) mass is 872 g/mol. The van der Waals surface area contributed by atoms with E-state index in [2.05, 4.69) is 37.2 Å². The minimum absolute atomic E-state index is 0.0332. The Kier molecular flexibility index (Phi) is 11.9. The van der Waals surface area contributed by atoms with E-state index < -0.39 is 39.7 Å². The molecule has 3 aromatic carbocycles. The third-order valence-electron chi connectivity index (χ3n) is 10.4. The van der Waals surface area contributed by atoms with Crippen LogP contribution in [-0.2, 0) is 44.5 Å². The second-order valence-electron chi connectivity index (χ2n) is 14.7. The highest BCUT2D eigenvalue weighted by Crippen LogP contribution is 2.39. The zero-order chi connectivity index (χ0) is 44.3. The number of nitrogens with zero attached hydrogens (tertiary/aromatic N) is 5. The van der Waals surface area contributed by atoms with Gasteiger partial charge in [-0.25, -0.2) is 8.42 Å². The van der Waals surface area contributed by atoms with Gasteiger partial charge in [-0.3, -0.25) is 43.6 Å². The van der Waals surface area contributed by atoms with E-state index in [4.69, 9.17) is 14.2 Å². The lowest BCUT2D eigenvalue weighted by Gasteiger charge is -2.27. The highest BCUT2D eigenvalue weighted by molar-refractivity contribution is 7.92. The number of aromatic amines is 1. The normalized spacial score (nSPS) is 15.0. The first-order valence-electron chi connectivity index (χ1n) is 19.9. The van der Waals surface area contributed by atoms with Crippen molar-refractivity contribution in [3.63, 3.8) is 0 Å². The van der Waals surface area contributed by atoms with Crippen molar-refractivity contribution in [3.05, 3.63) is 118 Å². The number of pyridine rings is 1. The zero-order valence-electron chi connectivity index (χ0n) is 34.0. The topological polar surface area (TPSA) is 226 Å². The van der Waals surface area contributed by atoms with Gasteiger partial charge in [0.2, 0.25) is 21.8 Å². The number of hydrogen-bond donors (Lipinski definition) is 3. The Bertz CT molecular complexity index is 3030. The number of ether oxygens (including phenoxy) is 3. The summed E-state index contributed by atoms with van der Waals surface area (Å²) in [7, 11) is -1.93. The lowest BCUT2D eigenvalue weighted by Crippen LogP contribution is -2.54. The molecule has 5 heterocycles. The average molecular weight is 873 g/mol. The predicted molar refractivity (Wildman–Crippen MR) is 228 cm³/mol. The van der Waals surface area contributed by atoms with Crippen LogP contribution in [0.15, 0.2) is 90.1 Å². The molecule has 8 rings (SSSR count). The zero-order valence-corrected chi connectivity index (χ0v) is 34.9. The largest absolute Gasteiger partial charge is 0.487 e. The summed E-state index contributed by atoms with van der Waals surface area (Å²) in [5, 5.41) is 11.2. The molecule has 6 aromatic rings. The number of fused-ring (bicyclic) bond motifs is 2. The highest BCUT2D eigenvalue weighted by atomic mass is 32.2. The van der Waals surface area contributed by atoms with Gasteiger partial charge in [0, 0.05) is 72.8 Å². The summed E-state index contributed by atoms with van der Waals surface area (Å²) >= 11 is 0. The van der Waals surface area contributed by atoms with Gasteiger partial charge in [-0.05, 0) is 68.3 Å². The number of benzene rings is 3. The molecule has 0 saturated carbocycles. The van der Waals surface area contributed by atoms with Gasteiger partial charge in [0.1, 0.15) is 47.7 Å². The molecule has 2 aliphatic rings. The molecule has 1 atom stereocenters. The second-order valence-corrected chi connectivity index (χ2v) is 16.7. The summed E-state index contributed by atoms with van der Waals surface area (Å²) in [6.45, 7) is 2.61. The van der Waals surface area contributed by atoms with E-state index >= 15 is 0 Å². The summed E-state index contributed by atoms with van der Waals surface area (Å²) in [6, 6.07) is 17.5. The first-order chi connectivity index (χ1) is 30.4. The van der Waals surface area contributed by atoms with Crippen LogP contribution in [0.25, 0.3) is 22.0 Å². The molecule has 3 aromatic heterocycles. The Hall–Kier alpha value is -7.56. The lowest BCUT2D eigenvalue weighted by atomic mass is 10.0. The highest BCUT2D eigenvalue weighted by Gasteiger charge is 2.45. The maximum atomic E-state index is 13.3. The number of hydrogen-bond acceptors (Lipinski definition) is 12. The predicted octanol–water partition coefficient (Wildman–Crippen LogP) is 4.12. The van der Waals surface area contributed by atoms with Gasteiger partial charge in [-0.1, -0.05) is 29.2 Å². The molecule has 3 N–H and O–H groups in total. The van der Waals surface area contributed by atoms with Crippen LogP contribution in [0.5, 0.6) is 17.2 Å². The number of aromatic nitrogens is 5. The van der Waals surface area contributed by atoms with Gasteiger partial charge >= 0.3 is 0 Å². The van der Waals surface area contributed by atoms with Crippen LogP contribution in [-0.4, -0.2) is 86.5 Å². The van der Waals surface area contributed by atoms with Gasteiger partial charge in [-0.2, -0.15) is 0 Å². The Labute approximate surface area is 360 Å². The summed E-state index contributed by atoms with van der Waals surface area (Å²) < 4.78 is 48.6. The number of carbonyl (C=O) groups excluding carboxylic acids is 4. The van der Waals surface area contributed by atoms with Gasteiger partial charge in [-0.15, -0.1) is 5.10 Å². The molecule has 1 saturated heterocycles. The first kappa shape index (κ1) is 42.1. The Morgan fingerprint density at radius 3 is 2.59 bits per heavy atom. The van der Waals surface area contributed by atoms with Gasteiger partial charge in [0.05, 0.1) is 23.1 Å². The van der Waals surface area contributed by atoms with Crippen LogP contribution in [0.2, 0.25) is 0 Å². The van der Waals surface area contributed by atoms with Gasteiger partial charge < -0.3 is 23.8 Å². The summed E-state index contributed by atoms with van der Waals surface area (Å²) in [4.78, 5) is 67.1. The second kappa shape index (κ2) is 17.8. The van der Waals surface area contributed by atoms with E-state index in [1.807, 2.05) is 0 Å². The summed E-state index contributed by atoms with van der Waals surface area (Å²) in [6.07, 6.45) is 5.82. The maximum absolute atomic E-state index is 13.3. The van der Waals surface area contributed by atoms with E-state index in [0.29, 0.717) is 75.8 Å². The molecule has 1 fully saturated rings. The smallest absolute Gasteiger partial charge is 0.274 e. The fraction of sp³-hybridized carbons (Fsp3) is 0.250. The lowest BCUT2D eigenvalue weighted by molar-refractivity contribution is -0.136. The van der Waals surface area contributed by atoms with E-state index in [-0.39, 0.29) is 48.5 Å². The number of carbonyl (C=O) groups is 4. The number of imide groups is 2. The van der Waals surface area contributed by atoms with E-state index in [9.17, 15) is 32.4 Å². The molecular weight excluding hydrogens is 833 g/mol.